The molecule has 24 heteroatoms. The van der Waals surface area contributed by atoms with Gasteiger partial charge in [-0.2, -0.15) is 0 Å². The molecule has 0 aromatic heterocycles. The molecule has 0 aromatic rings. The van der Waals surface area contributed by atoms with Crippen LogP contribution in [0.5, 0.6) is 0 Å². The molecule has 1 saturated carbocycles. The van der Waals surface area contributed by atoms with Crippen molar-refractivity contribution in [2.45, 2.75) is 160 Å². The third-order valence-corrected chi connectivity index (χ3v) is 11.0. The minimum Gasteiger partial charge on any atom is -0.396 e. The summed E-state index contributed by atoms with van der Waals surface area (Å²) in [7, 11) is 0. The second-order valence-corrected chi connectivity index (χ2v) is 14.6. The third kappa shape index (κ3) is 9.13. The summed E-state index contributed by atoms with van der Waals surface area (Å²) in [5.74, 6) is -1.01. The van der Waals surface area contributed by atoms with E-state index in [1.54, 1.807) is 0 Å². The average Bonchev–Trinajstić information content (AvgIpc) is 3.17. The number of hydrogen-bond acceptors (Lipinski definition) is 24. The molecule has 4 heterocycles. The number of hydrogen-bond donors (Lipinski definition) is 17. The lowest BCUT2D eigenvalue weighted by Crippen LogP contribution is -2.69. The van der Waals surface area contributed by atoms with Crippen molar-refractivity contribution in [3.8, 4) is 0 Å². The van der Waals surface area contributed by atoms with Gasteiger partial charge in [0, 0.05) is 18.6 Å². The van der Waals surface area contributed by atoms with E-state index in [1.807, 2.05) is 0 Å². The molecule has 5 fully saturated rings. The van der Waals surface area contributed by atoms with E-state index < -0.39 is 179 Å². The Balaban J connectivity index is 1.21. The third-order valence-electron chi connectivity index (χ3n) is 11.0. The van der Waals surface area contributed by atoms with Gasteiger partial charge in [-0.25, -0.2) is 0 Å². The van der Waals surface area contributed by atoms with Crippen LogP contribution in [0.15, 0.2) is 0 Å². The van der Waals surface area contributed by atoms with Crippen LogP contribution in [0.3, 0.4) is 0 Å². The first-order valence-electron chi connectivity index (χ1n) is 17.9. The summed E-state index contributed by atoms with van der Waals surface area (Å²) in [6.07, 6.45) is -37.1. The van der Waals surface area contributed by atoms with Gasteiger partial charge in [-0.1, -0.05) is 0 Å². The van der Waals surface area contributed by atoms with Gasteiger partial charge in [0.05, 0.1) is 44.2 Å². The van der Waals surface area contributed by atoms with Gasteiger partial charge >= 0.3 is 0 Å². The predicted molar refractivity (Wildman–Crippen MR) is 170 cm³/mol. The maximum Gasteiger partial charge on any atom is 0.187 e. The van der Waals surface area contributed by atoms with E-state index in [4.69, 9.17) is 33.2 Å². The van der Waals surface area contributed by atoms with Crippen molar-refractivity contribution >= 4 is 0 Å². The van der Waals surface area contributed by atoms with E-state index in [0.29, 0.717) is 0 Å². The molecule has 0 amide bonds. The number of rotatable bonds is 12. The molecule has 25 atom stereocenters. The van der Waals surface area contributed by atoms with Crippen molar-refractivity contribution in [1.82, 2.24) is 5.32 Å². The molecule has 5 aliphatic rings. The minimum atomic E-state index is -1.98. The molecule has 55 heavy (non-hydrogen) atoms. The smallest absolute Gasteiger partial charge is 0.187 e. The first kappa shape index (κ1) is 45.1. The van der Waals surface area contributed by atoms with Gasteiger partial charge in [-0.3, -0.25) is 0 Å². The minimum absolute atomic E-state index is 0.160. The zero-order chi connectivity index (χ0) is 40.6. The fourth-order valence-corrected chi connectivity index (χ4v) is 7.68. The highest BCUT2D eigenvalue weighted by Crippen LogP contribution is 2.35. The normalized spacial score (nSPS) is 53.9. The maximum absolute atomic E-state index is 11.2. The molecule has 0 radical (unpaired) electrons. The van der Waals surface area contributed by atoms with Crippen molar-refractivity contribution in [2.24, 2.45) is 5.92 Å². The molecule has 0 unspecified atom stereocenters. The van der Waals surface area contributed by atoms with Crippen LogP contribution in [-0.4, -0.2) is 255 Å². The molecule has 0 bridgehead atoms. The zero-order valence-electron chi connectivity index (χ0n) is 29.5. The standard InChI is InChI=1S/C31H55NO23/c1-7-13(16(39)22(45)29(49-7)54-26-11(5-35)50-28(48)21(44)19(26)42)32-9-2-8(3-33)25(18(41)14(9)37)53-31-24(47)20(43)27(12(6-36)52-31)55-30-23(46)17(40)15(38)10(4-34)51-30/h7-48H,2-6H2,1H3/t7-,8-,9+,10-,11-,12-,13-,14+,15-,16+,17+,18-,19-,20-,21-,22-,23-,24-,25-,26-,27-,28+,29-,30-,31-/m1/s1. The highest BCUT2D eigenvalue weighted by Gasteiger charge is 2.55. The van der Waals surface area contributed by atoms with Gasteiger partial charge in [0.25, 0.3) is 0 Å². The van der Waals surface area contributed by atoms with Crippen LogP contribution in [0.25, 0.3) is 0 Å². The Bertz CT molecular complexity index is 1190. The van der Waals surface area contributed by atoms with Gasteiger partial charge in [-0.05, 0) is 13.3 Å². The molecule has 4 saturated heterocycles. The summed E-state index contributed by atoms with van der Waals surface area (Å²) in [5.41, 5.74) is 0. The summed E-state index contributed by atoms with van der Waals surface area (Å²) < 4.78 is 38.6. The Labute approximate surface area is 313 Å². The quantitative estimate of drug-likeness (QED) is 0.0870. The lowest BCUT2D eigenvalue weighted by molar-refractivity contribution is -0.368. The Morgan fingerprint density at radius 2 is 0.909 bits per heavy atom. The van der Waals surface area contributed by atoms with Crippen LogP contribution < -0.4 is 5.32 Å². The molecule has 0 spiro atoms. The Kier molecular flexibility index (Phi) is 15.6. The summed E-state index contributed by atoms with van der Waals surface area (Å²) in [6, 6.07) is -2.26. The molecule has 0 aromatic carbocycles. The second-order valence-electron chi connectivity index (χ2n) is 14.6. The number of aliphatic hydroxyl groups excluding tert-OH is 16. The summed E-state index contributed by atoms with van der Waals surface area (Å²) in [5, 5.41) is 169. The fraction of sp³-hybridized carbons (Fsp3) is 1.00. The highest BCUT2D eigenvalue weighted by molar-refractivity contribution is 5.03. The number of ether oxygens (including phenoxy) is 7. The predicted octanol–water partition coefficient (Wildman–Crippen LogP) is -10.7. The lowest BCUT2D eigenvalue weighted by Gasteiger charge is -2.50. The number of aliphatic hydroxyl groups is 16. The molecular weight excluding hydrogens is 754 g/mol. The fourth-order valence-electron chi connectivity index (χ4n) is 7.68. The van der Waals surface area contributed by atoms with Gasteiger partial charge in [0.2, 0.25) is 0 Å². The molecular formula is C31H55NO23. The SMILES string of the molecule is C[C@H]1O[C@H](O[C@H]2[C@H](O)[C@@H](O)[C@@H](O)O[C@@H]2CO)[C@H](O)[C@@H](O)[C@@H]1N[C@H]1C[C@H](CO)[C@@H](O[C@H]2O[C@H](CO)[C@@H](O[C@H]3O[C@H](CO)[C@@H](O)[C@H](O)[C@H]3O)[C@H](O)[C@H]2O)[C@H](O)[C@H]1O. The van der Waals surface area contributed by atoms with Gasteiger partial charge in [0.1, 0.15) is 91.6 Å². The zero-order valence-corrected chi connectivity index (χ0v) is 29.5. The van der Waals surface area contributed by atoms with Gasteiger partial charge in [-0.15, -0.1) is 0 Å². The summed E-state index contributed by atoms with van der Waals surface area (Å²) >= 11 is 0. The van der Waals surface area contributed by atoms with Crippen molar-refractivity contribution < 1.29 is 115 Å². The second kappa shape index (κ2) is 19.0. The molecule has 322 valence electrons. The van der Waals surface area contributed by atoms with E-state index >= 15 is 0 Å². The van der Waals surface area contributed by atoms with Crippen LogP contribution in [0.1, 0.15) is 13.3 Å². The summed E-state index contributed by atoms with van der Waals surface area (Å²) in [4.78, 5) is 0. The van der Waals surface area contributed by atoms with E-state index in [0.717, 1.165) is 0 Å². The van der Waals surface area contributed by atoms with E-state index in [-0.39, 0.29) is 6.42 Å². The van der Waals surface area contributed by atoms with Crippen molar-refractivity contribution in [3.05, 3.63) is 0 Å². The first-order valence-corrected chi connectivity index (χ1v) is 17.9. The molecule has 17 N–H and O–H groups in total. The largest absolute Gasteiger partial charge is 0.396 e. The molecule has 24 nitrogen and oxygen atoms in total. The van der Waals surface area contributed by atoms with Crippen LogP contribution >= 0.6 is 0 Å². The number of nitrogens with one attached hydrogen (secondary N) is 1. The van der Waals surface area contributed by atoms with Crippen molar-refractivity contribution in [3.63, 3.8) is 0 Å². The van der Waals surface area contributed by atoms with Gasteiger partial charge in [0.15, 0.2) is 25.2 Å². The van der Waals surface area contributed by atoms with Gasteiger partial charge < -0.3 is 120 Å². The molecule has 5 rings (SSSR count). The van der Waals surface area contributed by atoms with Crippen LogP contribution in [0, 0.1) is 5.92 Å². The first-order chi connectivity index (χ1) is 26.0. The van der Waals surface area contributed by atoms with Crippen molar-refractivity contribution in [1.29, 1.82) is 0 Å². The van der Waals surface area contributed by atoms with Crippen molar-refractivity contribution in [2.75, 3.05) is 26.4 Å². The highest BCUT2D eigenvalue weighted by atomic mass is 16.7. The Hall–Kier alpha value is -0.960. The lowest BCUT2D eigenvalue weighted by atomic mass is 9.78. The molecule has 1 aliphatic carbocycles. The molecule has 4 aliphatic heterocycles. The summed E-state index contributed by atoms with van der Waals surface area (Å²) in [6.45, 7) is -1.63. The monoisotopic (exact) mass is 809 g/mol. The topological polar surface area (TPSA) is 400 Å². The van der Waals surface area contributed by atoms with E-state index in [9.17, 15) is 81.7 Å². The van der Waals surface area contributed by atoms with Crippen LogP contribution in [0.2, 0.25) is 0 Å². The van der Waals surface area contributed by atoms with Crippen LogP contribution in [0.4, 0.5) is 0 Å². The average molecular weight is 810 g/mol. The van der Waals surface area contributed by atoms with E-state index in [1.165, 1.54) is 6.92 Å². The van der Waals surface area contributed by atoms with E-state index in [2.05, 4.69) is 5.32 Å². The Morgan fingerprint density at radius 3 is 1.47 bits per heavy atom. The maximum atomic E-state index is 11.2. The van der Waals surface area contributed by atoms with Crippen LogP contribution in [-0.2, 0) is 33.2 Å². The Morgan fingerprint density at radius 1 is 0.455 bits per heavy atom.